The van der Waals surface area contributed by atoms with Crippen molar-refractivity contribution in [1.82, 2.24) is 9.59 Å². The van der Waals surface area contributed by atoms with Crippen LogP contribution in [0.1, 0.15) is 65.2 Å². The molecule has 1 amide bonds. The second-order valence-corrected chi connectivity index (χ2v) is 6.85. The summed E-state index contributed by atoms with van der Waals surface area (Å²) in [7, 11) is 0. The molecule has 1 aliphatic carbocycles. The Morgan fingerprint density at radius 1 is 1.30 bits per heavy atom. The van der Waals surface area contributed by atoms with Crippen LogP contribution < -0.4 is 9.59 Å². The Kier molecular flexibility index (Phi) is 8.81. The zero-order valence-electron chi connectivity index (χ0n) is 12.8. The molecule has 0 heterocycles. The molecule has 3 N–H and O–H groups in total. The molecule has 0 aliphatic heterocycles. The predicted molar refractivity (Wildman–Crippen MR) is 82.4 cm³/mol. The van der Waals surface area contributed by atoms with Crippen molar-refractivity contribution in [2.45, 2.75) is 83.4 Å². The van der Waals surface area contributed by atoms with E-state index in [1.807, 2.05) is 0 Å². The van der Waals surface area contributed by atoms with E-state index in [4.69, 9.17) is 0 Å². The van der Waals surface area contributed by atoms with Crippen LogP contribution in [-0.2, 0) is 4.79 Å². The number of hydrogen-bond donors (Lipinski definition) is 3. The Balaban J connectivity index is 2.46. The number of hydrogen-bond acceptors (Lipinski definition) is 3. The van der Waals surface area contributed by atoms with Crippen molar-refractivity contribution in [3.8, 4) is 0 Å². The fraction of sp³-hybridized carbons (Fsp3) is 0.933. The van der Waals surface area contributed by atoms with E-state index in [1.54, 1.807) is 16.7 Å². The van der Waals surface area contributed by atoms with Gasteiger partial charge in [-0.3, -0.25) is 0 Å². The number of rotatable bonds is 8. The number of nitrogens with one attached hydrogen (secondary N) is 2. The maximum atomic E-state index is 11.3. The van der Waals surface area contributed by atoms with Crippen molar-refractivity contribution < 1.29 is 9.90 Å². The van der Waals surface area contributed by atoms with Gasteiger partial charge in [-0.15, -0.1) is 0 Å². The van der Waals surface area contributed by atoms with Gasteiger partial charge in [0.05, 0.1) is 0 Å². The van der Waals surface area contributed by atoms with E-state index in [1.165, 1.54) is 32.1 Å². The van der Waals surface area contributed by atoms with Crippen molar-refractivity contribution in [1.29, 1.82) is 0 Å². The van der Waals surface area contributed by atoms with Crippen LogP contribution in [0.3, 0.4) is 0 Å². The first-order chi connectivity index (χ1) is 9.52. The molecule has 4 nitrogen and oxygen atoms in total. The first-order valence-corrected chi connectivity index (χ1v) is 8.97. The number of carbonyl (C=O) groups excluding carboxylic acids is 1. The quantitative estimate of drug-likeness (QED) is 0.588. The van der Waals surface area contributed by atoms with Crippen LogP contribution in [0.4, 0.5) is 0 Å². The summed E-state index contributed by atoms with van der Waals surface area (Å²) in [6.45, 7) is 4.22. The molecule has 2 unspecified atom stereocenters. The molecule has 5 heteroatoms. The van der Waals surface area contributed by atoms with Crippen LogP contribution in [0.25, 0.3) is 0 Å². The minimum absolute atomic E-state index is 0.00464. The third-order valence-corrected chi connectivity index (χ3v) is 4.72. The van der Waals surface area contributed by atoms with E-state index < -0.39 is 6.10 Å². The summed E-state index contributed by atoms with van der Waals surface area (Å²) < 4.78 is 2.61. The summed E-state index contributed by atoms with van der Waals surface area (Å²) >= 11 is 1.64. The van der Waals surface area contributed by atoms with Crippen molar-refractivity contribution in [3.05, 3.63) is 0 Å². The maximum absolute atomic E-state index is 11.3. The second-order valence-electron chi connectivity index (χ2n) is 6.32. The third kappa shape index (κ3) is 7.09. The normalized spacial score (nSPS) is 19.9. The van der Waals surface area contributed by atoms with Gasteiger partial charge in [0, 0.05) is 0 Å². The standard InChI is InChI=1S/C15H29GeN2O2/c1-11(2)17-13(10-12-6-4-3-5-7-12)14(19)8-9-15(20)18-16/h11-14,17,19H,3-10H2,1-2H3,(H,18,20). The van der Waals surface area contributed by atoms with Crippen molar-refractivity contribution in [2.75, 3.05) is 0 Å². The molecule has 115 valence electrons. The second kappa shape index (κ2) is 9.79. The number of carbonyl (C=O) groups is 1. The van der Waals surface area contributed by atoms with Gasteiger partial charge < -0.3 is 0 Å². The van der Waals surface area contributed by atoms with E-state index in [-0.39, 0.29) is 11.9 Å². The molecule has 3 radical (unpaired) electrons. The van der Waals surface area contributed by atoms with Gasteiger partial charge in [-0.05, 0) is 0 Å². The van der Waals surface area contributed by atoms with Gasteiger partial charge in [0.15, 0.2) is 0 Å². The van der Waals surface area contributed by atoms with Gasteiger partial charge in [0.25, 0.3) is 0 Å². The van der Waals surface area contributed by atoms with E-state index >= 15 is 0 Å². The van der Waals surface area contributed by atoms with E-state index in [0.717, 1.165) is 12.3 Å². The molecule has 2 atom stereocenters. The summed E-state index contributed by atoms with van der Waals surface area (Å²) in [4.78, 5) is 11.3. The zero-order chi connectivity index (χ0) is 15.0. The van der Waals surface area contributed by atoms with E-state index in [2.05, 4.69) is 23.4 Å². The first-order valence-electron chi connectivity index (χ1n) is 7.92. The number of amides is 1. The molecule has 1 saturated carbocycles. The van der Waals surface area contributed by atoms with E-state index in [0.29, 0.717) is 18.9 Å². The molecular formula is C15H29GeN2O2. The monoisotopic (exact) mass is 343 g/mol. The Morgan fingerprint density at radius 2 is 1.95 bits per heavy atom. The third-order valence-electron chi connectivity index (χ3n) is 4.13. The van der Waals surface area contributed by atoms with Crippen LogP contribution >= 0.6 is 0 Å². The van der Waals surface area contributed by atoms with Gasteiger partial charge in [0.1, 0.15) is 0 Å². The van der Waals surface area contributed by atoms with Gasteiger partial charge >= 0.3 is 131 Å². The van der Waals surface area contributed by atoms with Crippen molar-refractivity contribution in [2.24, 2.45) is 5.92 Å². The molecule has 0 aromatic rings. The van der Waals surface area contributed by atoms with Crippen LogP contribution in [0.2, 0.25) is 0 Å². The van der Waals surface area contributed by atoms with Crippen LogP contribution in [0.5, 0.6) is 0 Å². The molecule has 1 rings (SSSR count). The average Bonchev–Trinajstić information content (AvgIpc) is 2.44. The molecule has 0 spiro atoms. The molecule has 1 fully saturated rings. The van der Waals surface area contributed by atoms with Crippen LogP contribution in [0, 0.1) is 5.92 Å². The van der Waals surface area contributed by atoms with Crippen LogP contribution in [-0.4, -0.2) is 45.9 Å². The summed E-state index contributed by atoms with van der Waals surface area (Å²) in [5.41, 5.74) is 0. The molecule has 0 saturated heterocycles. The average molecular weight is 342 g/mol. The topological polar surface area (TPSA) is 61.4 Å². The molecule has 0 bridgehead atoms. The molecule has 1 aliphatic rings. The Bertz CT molecular complexity index is 281. The van der Waals surface area contributed by atoms with Gasteiger partial charge in [-0.1, -0.05) is 0 Å². The van der Waals surface area contributed by atoms with Gasteiger partial charge in [0.2, 0.25) is 0 Å². The fourth-order valence-electron chi connectivity index (χ4n) is 3.09. The summed E-state index contributed by atoms with van der Waals surface area (Å²) in [5, 5.41) is 13.9. The summed E-state index contributed by atoms with van der Waals surface area (Å²) in [5.74, 6) is 0.736. The fourth-order valence-corrected chi connectivity index (χ4v) is 3.35. The first kappa shape index (κ1) is 18.0. The predicted octanol–water partition coefficient (Wildman–Crippen LogP) is 1.66. The Hall–Kier alpha value is -0.0671. The van der Waals surface area contributed by atoms with Crippen LogP contribution in [0.15, 0.2) is 0 Å². The van der Waals surface area contributed by atoms with Gasteiger partial charge in [-0.2, -0.15) is 0 Å². The minimum atomic E-state index is -0.434. The molecular weight excluding hydrogens is 313 g/mol. The number of aliphatic hydroxyl groups excluding tert-OH is 1. The molecule has 20 heavy (non-hydrogen) atoms. The molecule has 0 aromatic carbocycles. The number of aliphatic hydroxyl groups is 1. The Morgan fingerprint density at radius 3 is 2.50 bits per heavy atom. The SMILES string of the molecule is CC(C)NC(CC1CCCCC1)C(O)CCC(=O)[NH][Ge]. The molecule has 0 aromatic heterocycles. The van der Waals surface area contributed by atoms with E-state index in [9.17, 15) is 9.90 Å². The van der Waals surface area contributed by atoms with Gasteiger partial charge in [-0.25, -0.2) is 0 Å². The van der Waals surface area contributed by atoms with Crippen molar-refractivity contribution >= 4 is 22.6 Å². The van der Waals surface area contributed by atoms with Crippen molar-refractivity contribution in [3.63, 3.8) is 0 Å². The Labute approximate surface area is 131 Å². The zero-order valence-corrected chi connectivity index (χ0v) is 14.9. The summed E-state index contributed by atoms with van der Waals surface area (Å²) in [6, 6.07) is 0.473. The summed E-state index contributed by atoms with van der Waals surface area (Å²) in [6.07, 6.45) is 8.13.